The number of nitrogens with zero attached hydrogens (tertiary/aromatic N) is 2. The molecule has 2 aromatic rings. The minimum Gasteiger partial charge on any atom is -0.313 e. The lowest BCUT2D eigenvalue weighted by Gasteiger charge is -2.08. The summed E-state index contributed by atoms with van der Waals surface area (Å²) < 4.78 is 2.88. The van der Waals surface area contributed by atoms with E-state index in [1.807, 2.05) is 13.1 Å². The largest absolute Gasteiger partial charge is 0.313 e. The zero-order valence-electron chi connectivity index (χ0n) is 11.1. The molecule has 0 aliphatic carbocycles. The van der Waals surface area contributed by atoms with Crippen molar-refractivity contribution in [2.75, 3.05) is 6.54 Å². The molecule has 1 N–H and O–H groups in total. The molecule has 0 unspecified atom stereocenters. The third-order valence-corrected chi connectivity index (χ3v) is 3.99. The normalized spacial score (nSPS) is 10.9. The second-order valence-corrected chi connectivity index (χ2v) is 5.72. The predicted octanol–water partition coefficient (Wildman–Crippen LogP) is 4.10. The van der Waals surface area contributed by atoms with Crippen molar-refractivity contribution in [1.82, 2.24) is 15.1 Å². The third-order valence-electron chi connectivity index (χ3n) is 2.88. The summed E-state index contributed by atoms with van der Waals surface area (Å²) in [5, 5.41) is 8.45. The van der Waals surface area contributed by atoms with Crippen LogP contribution in [0.15, 0.2) is 28.9 Å². The molecule has 0 atom stereocenters. The van der Waals surface area contributed by atoms with Gasteiger partial charge in [-0.15, -0.1) is 0 Å². The van der Waals surface area contributed by atoms with E-state index in [1.165, 1.54) is 5.56 Å². The van der Waals surface area contributed by atoms with Gasteiger partial charge in [0.15, 0.2) is 0 Å². The van der Waals surface area contributed by atoms with Gasteiger partial charge in [-0.25, -0.2) is 4.68 Å². The van der Waals surface area contributed by atoms with Crippen molar-refractivity contribution in [3.8, 4) is 5.69 Å². The molecule has 19 heavy (non-hydrogen) atoms. The van der Waals surface area contributed by atoms with Crippen molar-refractivity contribution < 1.29 is 0 Å². The van der Waals surface area contributed by atoms with Gasteiger partial charge in [-0.1, -0.05) is 40.5 Å². The molecule has 1 aromatic carbocycles. The number of hydrogen-bond donors (Lipinski definition) is 1. The Bertz CT molecular complexity index is 546. The molecule has 0 saturated heterocycles. The molecule has 3 nitrogen and oxygen atoms in total. The Morgan fingerprint density at radius 2 is 2.21 bits per heavy atom. The maximum atomic E-state index is 6.03. The number of halogens is 2. The fourth-order valence-corrected chi connectivity index (χ4v) is 2.43. The van der Waals surface area contributed by atoms with Crippen LogP contribution in [0.5, 0.6) is 0 Å². The van der Waals surface area contributed by atoms with Crippen molar-refractivity contribution in [1.29, 1.82) is 0 Å². The molecule has 0 bridgehead atoms. The van der Waals surface area contributed by atoms with Crippen molar-refractivity contribution in [3.05, 3.63) is 45.1 Å². The molecule has 0 spiro atoms. The van der Waals surface area contributed by atoms with Gasteiger partial charge >= 0.3 is 0 Å². The maximum Gasteiger partial charge on any atom is 0.0819 e. The van der Waals surface area contributed by atoms with E-state index in [0.29, 0.717) is 5.02 Å². The van der Waals surface area contributed by atoms with Gasteiger partial charge in [0.1, 0.15) is 0 Å². The van der Waals surface area contributed by atoms with E-state index in [4.69, 9.17) is 11.6 Å². The van der Waals surface area contributed by atoms with Gasteiger partial charge in [0.2, 0.25) is 0 Å². The summed E-state index contributed by atoms with van der Waals surface area (Å²) in [4.78, 5) is 0. The first-order chi connectivity index (χ1) is 9.11. The van der Waals surface area contributed by atoms with Crippen LogP contribution in [0.4, 0.5) is 0 Å². The zero-order valence-corrected chi connectivity index (χ0v) is 13.4. The van der Waals surface area contributed by atoms with Gasteiger partial charge in [-0.3, -0.25) is 0 Å². The van der Waals surface area contributed by atoms with E-state index in [9.17, 15) is 0 Å². The first-order valence-corrected chi connectivity index (χ1v) is 7.50. The van der Waals surface area contributed by atoms with E-state index in [2.05, 4.69) is 51.5 Å². The minimum atomic E-state index is 0.685. The molecule has 0 amide bonds. The van der Waals surface area contributed by atoms with Crippen LogP contribution in [-0.2, 0) is 6.54 Å². The topological polar surface area (TPSA) is 29.9 Å². The summed E-state index contributed by atoms with van der Waals surface area (Å²) in [6.07, 6.45) is 2.97. The van der Waals surface area contributed by atoms with Gasteiger partial charge in [0.05, 0.1) is 16.4 Å². The summed E-state index contributed by atoms with van der Waals surface area (Å²) in [6, 6.07) is 6.22. The molecule has 0 aliphatic rings. The highest BCUT2D eigenvalue weighted by atomic mass is 79.9. The molecule has 102 valence electrons. The molecule has 2 rings (SSSR count). The van der Waals surface area contributed by atoms with Gasteiger partial charge in [0, 0.05) is 17.2 Å². The van der Waals surface area contributed by atoms with Gasteiger partial charge in [0.25, 0.3) is 0 Å². The predicted molar refractivity (Wildman–Crippen MR) is 83.0 cm³/mol. The second-order valence-electron chi connectivity index (χ2n) is 4.46. The fraction of sp³-hybridized carbons (Fsp3) is 0.357. The standard InChI is InChI=1S/C14H17BrClN3/c1-3-6-17-8-11-4-5-12(7-13(11)15)19-9-14(16)10(2)18-19/h4-5,7,9,17H,3,6,8H2,1-2H3. The summed E-state index contributed by atoms with van der Waals surface area (Å²) in [5.41, 5.74) is 3.08. The van der Waals surface area contributed by atoms with Gasteiger partial charge in [-0.05, 0) is 37.6 Å². The van der Waals surface area contributed by atoms with Crippen LogP contribution in [0.2, 0.25) is 5.02 Å². The lowest BCUT2D eigenvalue weighted by atomic mass is 10.2. The Morgan fingerprint density at radius 1 is 1.42 bits per heavy atom. The van der Waals surface area contributed by atoms with Crippen molar-refractivity contribution in [2.24, 2.45) is 0 Å². The molecule has 0 aliphatic heterocycles. The Balaban J connectivity index is 2.18. The lowest BCUT2D eigenvalue weighted by Crippen LogP contribution is -2.14. The molecular formula is C14H17BrClN3. The lowest BCUT2D eigenvalue weighted by molar-refractivity contribution is 0.673. The molecule has 5 heteroatoms. The SMILES string of the molecule is CCCNCc1ccc(-n2cc(Cl)c(C)n2)cc1Br. The average Bonchev–Trinajstić information content (AvgIpc) is 2.72. The summed E-state index contributed by atoms with van der Waals surface area (Å²) in [5.74, 6) is 0. The summed E-state index contributed by atoms with van der Waals surface area (Å²) in [7, 11) is 0. The second kappa shape index (κ2) is 6.55. The van der Waals surface area contributed by atoms with E-state index in [1.54, 1.807) is 4.68 Å². The quantitative estimate of drug-likeness (QED) is 0.829. The molecule has 0 saturated carbocycles. The molecular weight excluding hydrogens is 326 g/mol. The smallest absolute Gasteiger partial charge is 0.0819 e. The highest BCUT2D eigenvalue weighted by Crippen LogP contribution is 2.22. The van der Waals surface area contributed by atoms with E-state index < -0.39 is 0 Å². The monoisotopic (exact) mass is 341 g/mol. The minimum absolute atomic E-state index is 0.685. The number of rotatable bonds is 5. The Morgan fingerprint density at radius 3 is 2.79 bits per heavy atom. The number of aryl methyl sites for hydroxylation is 1. The van der Waals surface area contributed by atoms with Crippen molar-refractivity contribution in [2.45, 2.75) is 26.8 Å². The highest BCUT2D eigenvalue weighted by molar-refractivity contribution is 9.10. The molecule has 0 fully saturated rings. The van der Waals surface area contributed by atoms with E-state index in [0.717, 1.165) is 35.4 Å². The van der Waals surface area contributed by atoms with Crippen molar-refractivity contribution >= 4 is 27.5 Å². The maximum absolute atomic E-state index is 6.03. The van der Waals surface area contributed by atoms with Crippen LogP contribution in [0.3, 0.4) is 0 Å². The number of aromatic nitrogens is 2. The van der Waals surface area contributed by atoms with Gasteiger partial charge in [-0.2, -0.15) is 5.10 Å². The molecule has 1 aromatic heterocycles. The number of nitrogens with one attached hydrogen (secondary N) is 1. The van der Waals surface area contributed by atoms with E-state index in [-0.39, 0.29) is 0 Å². The summed E-state index contributed by atoms with van der Waals surface area (Å²) >= 11 is 9.64. The third kappa shape index (κ3) is 3.59. The Kier molecular flexibility index (Phi) is 5.02. The number of benzene rings is 1. The van der Waals surface area contributed by atoms with Crippen LogP contribution in [0.25, 0.3) is 5.69 Å². The van der Waals surface area contributed by atoms with Crippen LogP contribution in [0, 0.1) is 6.92 Å². The average molecular weight is 343 g/mol. The first kappa shape index (κ1) is 14.6. The fourth-order valence-electron chi connectivity index (χ4n) is 1.79. The Hall–Kier alpha value is -0.840. The van der Waals surface area contributed by atoms with Gasteiger partial charge < -0.3 is 5.32 Å². The van der Waals surface area contributed by atoms with Crippen LogP contribution in [-0.4, -0.2) is 16.3 Å². The van der Waals surface area contributed by atoms with Crippen LogP contribution < -0.4 is 5.32 Å². The zero-order chi connectivity index (χ0) is 13.8. The summed E-state index contributed by atoms with van der Waals surface area (Å²) in [6.45, 7) is 5.96. The first-order valence-electron chi connectivity index (χ1n) is 6.33. The highest BCUT2D eigenvalue weighted by Gasteiger charge is 2.06. The molecule has 1 heterocycles. The number of hydrogen-bond acceptors (Lipinski definition) is 2. The Labute approximate surface area is 127 Å². The molecule has 0 radical (unpaired) electrons. The van der Waals surface area contributed by atoms with Crippen LogP contribution in [0.1, 0.15) is 24.6 Å². The van der Waals surface area contributed by atoms with E-state index >= 15 is 0 Å². The van der Waals surface area contributed by atoms with Crippen molar-refractivity contribution in [3.63, 3.8) is 0 Å². The van der Waals surface area contributed by atoms with Crippen LogP contribution >= 0.6 is 27.5 Å².